The van der Waals surface area contributed by atoms with E-state index in [9.17, 15) is 0 Å². The van der Waals surface area contributed by atoms with Crippen molar-refractivity contribution in [3.63, 3.8) is 0 Å². The Balaban J connectivity index is 2.03. The van der Waals surface area contributed by atoms with Gasteiger partial charge in [-0.2, -0.15) is 15.2 Å². The molecular weight excluding hydrogens is 246 g/mol. The molecular formula is C11H13N7O. The van der Waals surface area contributed by atoms with E-state index in [2.05, 4.69) is 31.3 Å². The molecule has 0 aliphatic carbocycles. The summed E-state index contributed by atoms with van der Waals surface area (Å²) >= 11 is 0. The summed E-state index contributed by atoms with van der Waals surface area (Å²) in [5.74, 6) is 1.25. The van der Waals surface area contributed by atoms with Gasteiger partial charge >= 0.3 is 0 Å². The molecule has 0 spiro atoms. The summed E-state index contributed by atoms with van der Waals surface area (Å²) in [5.41, 5.74) is 1.38. The van der Waals surface area contributed by atoms with Crippen LogP contribution in [0.1, 0.15) is 0 Å². The minimum absolute atomic E-state index is 0.431. The zero-order valence-electron chi connectivity index (χ0n) is 10.4. The predicted molar refractivity (Wildman–Crippen MR) is 68.8 cm³/mol. The third-order valence-corrected chi connectivity index (χ3v) is 3.00. The van der Waals surface area contributed by atoms with Gasteiger partial charge in [0.15, 0.2) is 17.6 Å². The number of imidazole rings is 1. The average Bonchev–Trinajstić information content (AvgIpc) is 2.94. The monoisotopic (exact) mass is 259 g/mol. The zero-order chi connectivity index (χ0) is 13.2. The lowest BCUT2D eigenvalue weighted by Gasteiger charge is -2.30. The first-order valence-electron chi connectivity index (χ1n) is 5.97. The Bertz CT molecular complexity index is 631. The minimum Gasteiger partial charge on any atom is -0.360 e. The Labute approximate surface area is 109 Å². The first-order chi connectivity index (χ1) is 9.31. The van der Waals surface area contributed by atoms with Gasteiger partial charge < -0.3 is 19.9 Å². The summed E-state index contributed by atoms with van der Waals surface area (Å²) in [6.07, 6.45) is 1.16. The molecule has 0 saturated carbocycles. The number of nitrogens with one attached hydrogen (secondary N) is 2. The Hall–Kier alpha value is -2.40. The maximum Gasteiger partial charge on any atom is 0.226 e. The molecule has 98 valence electrons. The molecule has 1 aliphatic heterocycles. The van der Waals surface area contributed by atoms with Crippen LogP contribution in [0.2, 0.25) is 0 Å². The van der Waals surface area contributed by atoms with Crippen LogP contribution in [-0.2, 0) is 4.74 Å². The largest absolute Gasteiger partial charge is 0.360 e. The van der Waals surface area contributed by atoms with E-state index in [0.29, 0.717) is 31.3 Å². The lowest BCUT2D eigenvalue weighted by molar-refractivity contribution is 0.0762. The number of hydrogen-bond donors (Lipinski definition) is 2. The number of nitrogens with zero attached hydrogens (tertiary/aromatic N) is 5. The third kappa shape index (κ3) is 2.04. The summed E-state index contributed by atoms with van der Waals surface area (Å²) in [5, 5.41) is 11.9. The molecule has 8 nitrogen and oxygen atoms in total. The van der Waals surface area contributed by atoms with Gasteiger partial charge in [0.1, 0.15) is 5.52 Å². The SMILES string of the molecule is CNc1nc(N2CCOC(C#N)C2)c2[nH]cnc2n1. The first kappa shape index (κ1) is 11.7. The Kier molecular flexibility index (Phi) is 2.89. The number of aromatic nitrogens is 4. The van der Waals surface area contributed by atoms with Crippen molar-refractivity contribution in [3.8, 4) is 6.07 Å². The van der Waals surface area contributed by atoms with Crippen LogP contribution >= 0.6 is 0 Å². The predicted octanol–water partition coefficient (Wildman–Crippen LogP) is 0.123. The smallest absolute Gasteiger partial charge is 0.226 e. The van der Waals surface area contributed by atoms with Gasteiger partial charge in [-0.05, 0) is 0 Å². The van der Waals surface area contributed by atoms with Crippen LogP contribution in [0.25, 0.3) is 11.2 Å². The fraction of sp³-hybridized carbons (Fsp3) is 0.455. The molecule has 0 bridgehead atoms. The average molecular weight is 259 g/mol. The molecule has 2 aromatic heterocycles. The van der Waals surface area contributed by atoms with Crippen LogP contribution in [0.15, 0.2) is 6.33 Å². The molecule has 0 radical (unpaired) electrons. The molecule has 8 heteroatoms. The van der Waals surface area contributed by atoms with E-state index in [1.54, 1.807) is 13.4 Å². The molecule has 1 saturated heterocycles. The Morgan fingerprint density at radius 2 is 2.47 bits per heavy atom. The maximum absolute atomic E-state index is 8.96. The summed E-state index contributed by atoms with van der Waals surface area (Å²) < 4.78 is 5.34. The highest BCUT2D eigenvalue weighted by atomic mass is 16.5. The lowest BCUT2D eigenvalue weighted by Crippen LogP contribution is -2.42. The number of ether oxygens (including phenoxy) is 1. The Morgan fingerprint density at radius 3 is 3.26 bits per heavy atom. The molecule has 1 aliphatic rings. The van der Waals surface area contributed by atoms with Crippen LogP contribution in [-0.4, -0.2) is 52.8 Å². The fourth-order valence-electron chi connectivity index (χ4n) is 2.08. The van der Waals surface area contributed by atoms with Gasteiger partial charge in [0.25, 0.3) is 0 Å². The highest BCUT2D eigenvalue weighted by Crippen LogP contribution is 2.24. The van der Waals surface area contributed by atoms with Crippen LogP contribution in [0.4, 0.5) is 11.8 Å². The van der Waals surface area contributed by atoms with Gasteiger partial charge in [0, 0.05) is 13.6 Å². The van der Waals surface area contributed by atoms with E-state index < -0.39 is 6.10 Å². The third-order valence-electron chi connectivity index (χ3n) is 3.00. The standard InChI is InChI=1S/C11H13N7O/c1-13-11-16-9-8(14-6-15-9)10(17-11)18-2-3-19-7(4-12)5-18/h6-7H,2-3,5H2,1H3,(H2,13,14,15,16,17). The van der Waals surface area contributed by atoms with E-state index in [0.717, 1.165) is 11.3 Å². The minimum atomic E-state index is -0.431. The molecule has 3 heterocycles. The van der Waals surface area contributed by atoms with Gasteiger partial charge in [0.05, 0.1) is 25.5 Å². The normalized spacial score (nSPS) is 19.4. The Morgan fingerprint density at radius 1 is 1.58 bits per heavy atom. The molecule has 1 unspecified atom stereocenters. The second-order valence-electron chi connectivity index (χ2n) is 4.16. The van der Waals surface area contributed by atoms with Gasteiger partial charge in [0.2, 0.25) is 5.95 Å². The number of H-pyrrole nitrogens is 1. The molecule has 0 amide bonds. The molecule has 2 N–H and O–H groups in total. The van der Waals surface area contributed by atoms with Gasteiger partial charge in [-0.25, -0.2) is 4.98 Å². The van der Waals surface area contributed by atoms with E-state index in [-0.39, 0.29) is 0 Å². The highest BCUT2D eigenvalue weighted by molar-refractivity contribution is 5.84. The molecule has 0 aromatic carbocycles. The van der Waals surface area contributed by atoms with Crippen molar-refractivity contribution in [1.29, 1.82) is 5.26 Å². The van der Waals surface area contributed by atoms with Crippen molar-refractivity contribution in [2.24, 2.45) is 0 Å². The van der Waals surface area contributed by atoms with Gasteiger partial charge in [-0.15, -0.1) is 0 Å². The summed E-state index contributed by atoms with van der Waals surface area (Å²) in [6.45, 7) is 1.68. The number of nitriles is 1. The fourth-order valence-corrected chi connectivity index (χ4v) is 2.08. The van der Waals surface area contributed by atoms with Gasteiger partial charge in [-0.1, -0.05) is 0 Å². The van der Waals surface area contributed by atoms with E-state index in [1.807, 2.05) is 4.90 Å². The zero-order valence-corrected chi connectivity index (χ0v) is 10.4. The van der Waals surface area contributed by atoms with Crippen molar-refractivity contribution in [2.45, 2.75) is 6.10 Å². The summed E-state index contributed by atoms with van der Waals surface area (Å²) in [7, 11) is 1.76. The van der Waals surface area contributed by atoms with Crippen molar-refractivity contribution < 1.29 is 4.74 Å². The lowest BCUT2D eigenvalue weighted by atomic mass is 10.3. The van der Waals surface area contributed by atoms with Crippen LogP contribution < -0.4 is 10.2 Å². The van der Waals surface area contributed by atoms with E-state index in [4.69, 9.17) is 10.00 Å². The van der Waals surface area contributed by atoms with Crippen molar-refractivity contribution in [2.75, 3.05) is 37.0 Å². The molecule has 1 fully saturated rings. The topological polar surface area (TPSA) is 103 Å². The van der Waals surface area contributed by atoms with Crippen LogP contribution in [0, 0.1) is 11.3 Å². The van der Waals surface area contributed by atoms with E-state index in [1.165, 1.54) is 0 Å². The summed E-state index contributed by atoms with van der Waals surface area (Å²) in [4.78, 5) is 17.9. The van der Waals surface area contributed by atoms with Crippen molar-refractivity contribution in [1.82, 2.24) is 19.9 Å². The molecule has 3 rings (SSSR count). The van der Waals surface area contributed by atoms with Crippen molar-refractivity contribution >= 4 is 22.9 Å². The van der Waals surface area contributed by atoms with E-state index >= 15 is 0 Å². The number of fused-ring (bicyclic) bond motifs is 1. The van der Waals surface area contributed by atoms with Gasteiger partial charge in [-0.3, -0.25) is 0 Å². The molecule has 19 heavy (non-hydrogen) atoms. The second-order valence-corrected chi connectivity index (χ2v) is 4.16. The van der Waals surface area contributed by atoms with Crippen LogP contribution in [0.3, 0.4) is 0 Å². The number of aromatic amines is 1. The quantitative estimate of drug-likeness (QED) is 0.789. The summed E-state index contributed by atoms with van der Waals surface area (Å²) in [6, 6.07) is 2.13. The maximum atomic E-state index is 8.96. The second kappa shape index (κ2) is 4.70. The number of hydrogen-bond acceptors (Lipinski definition) is 7. The number of morpholine rings is 1. The highest BCUT2D eigenvalue weighted by Gasteiger charge is 2.24. The van der Waals surface area contributed by atoms with Crippen molar-refractivity contribution in [3.05, 3.63) is 6.33 Å². The number of rotatable bonds is 2. The number of anilines is 2. The van der Waals surface area contributed by atoms with Crippen LogP contribution in [0.5, 0.6) is 0 Å². The first-order valence-corrected chi connectivity index (χ1v) is 5.97. The molecule has 1 atom stereocenters. The molecule has 2 aromatic rings.